The minimum Gasteiger partial charge on any atom is -0.376 e. The molecule has 3 aromatic rings. The van der Waals surface area contributed by atoms with Crippen molar-refractivity contribution in [3.63, 3.8) is 0 Å². The molecule has 0 saturated heterocycles. The summed E-state index contributed by atoms with van der Waals surface area (Å²) in [5, 5.41) is 20.0. The lowest BCUT2D eigenvalue weighted by Crippen LogP contribution is -2.25. The third kappa shape index (κ3) is 4.79. The van der Waals surface area contributed by atoms with Crippen molar-refractivity contribution in [2.75, 3.05) is 11.9 Å². The number of para-hydroxylation sites is 1. The molecule has 0 bridgehead atoms. The molecule has 0 heterocycles. The number of allylic oxidation sites excluding steroid dienone is 1. The quantitative estimate of drug-likeness (QED) is 0.371. The average molecular weight is 374 g/mol. The lowest BCUT2D eigenvalue weighted by molar-refractivity contribution is -0.385. The van der Waals surface area contributed by atoms with E-state index in [4.69, 9.17) is 0 Å². The molecule has 0 fully saturated rings. The van der Waals surface area contributed by atoms with E-state index in [9.17, 15) is 14.9 Å². The number of hydrogen-bond acceptors (Lipinski definition) is 5. The molecule has 0 aliphatic rings. The molecular formula is C21H18N4O3. The minimum absolute atomic E-state index is 0.00970. The number of carbonyl (C=O) groups excluding carboxylic acids is 1. The van der Waals surface area contributed by atoms with Gasteiger partial charge in [-0.05, 0) is 29.7 Å². The van der Waals surface area contributed by atoms with Gasteiger partial charge in [-0.1, -0.05) is 48.5 Å². The number of nitrogens with zero attached hydrogens (tertiary/aromatic N) is 2. The van der Waals surface area contributed by atoms with E-state index in [2.05, 4.69) is 15.8 Å². The van der Waals surface area contributed by atoms with Crippen LogP contribution in [0.5, 0.6) is 0 Å². The van der Waals surface area contributed by atoms with Crippen LogP contribution in [-0.4, -0.2) is 23.6 Å². The fraction of sp³-hybridized carbons (Fsp3) is 0.0476. The normalized spacial score (nSPS) is 11.1. The Morgan fingerprint density at radius 2 is 1.79 bits per heavy atom. The maximum absolute atomic E-state index is 11.9. The van der Waals surface area contributed by atoms with Gasteiger partial charge < -0.3 is 5.32 Å². The number of nitro groups is 1. The maximum Gasteiger partial charge on any atom is 0.276 e. The van der Waals surface area contributed by atoms with E-state index in [-0.39, 0.29) is 18.1 Å². The SMILES string of the molecule is O=C(CNc1cccc2ccccc12)NN=CC=Cc1ccccc1[N+](=O)[O-]. The predicted octanol–water partition coefficient (Wildman–Crippen LogP) is 3.98. The number of carbonyl (C=O) groups is 1. The molecule has 0 aliphatic heterocycles. The summed E-state index contributed by atoms with van der Waals surface area (Å²) in [4.78, 5) is 22.4. The van der Waals surface area contributed by atoms with Crippen LogP contribution in [-0.2, 0) is 4.79 Å². The number of rotatable bonds is 7. The van der Waals surface area contributed by atoms with Gasteiger partial charge in [0.05, 0.1) is 17.0 Å². The summed E-state index contributed by atoms with van der Waals surface area (Å²) in [6.45, 7) is 0.0687. The molecule has 0 unspecified atom stereocenters. The van der Waals surface area contributed by atoms with Crippen LogP contribution in [0.1, 0.15) is 5.56 Å². The first-order valence-electron chi connectivity index (χ1n) is 8.59. The predicted molar refractivity (Wildman–Crippen MR) is 111 cm³/mol. The first-order chi connectivity index (χ1) is 13.6. The van der Waals surface area contributed by atoms with Gasteiger partial charge in [0.1, 0.15) is 0 Å². The van der Waals surface area contributed by atoms with Crippen molar-refractivity contribution in [1.82, 2.24) is 5.43 Å². The summed E-state index contributed by atoms with van der Waals surface area (Å²) >= 11 is 0. The molecule has 0 aliphatic carbocycles. The van der Waals surface area contributed by atoms with Crippen LogP contribution < -0.4 is 10.7 Å². The summed E-state index contributed by atoms with van der Waals surface area (Å²) in [5.41, 5.74) is 3.75. The number of hydrazone groups is 1. The Labute approximate surface area is 161 Å². The highest BCUT2D eigenvalue weighted by atomic mass is 16.6. The fourth-order valence-corrected chi connectivity index (χ4v) is 2.69. The van der Waals surface area contributed by atoms with Gasteiger partial charge in [0.15, 0.2) is 0 Å². The molecule has 3 aromatic carbocycles. The van der Waals surface area contributed by atoms with Crippen LogP contribution in [0.3, 0.4) is 0 Å². The first kappa shape index (κ1) is 18.8. The summed E-state index contributed by atoms with van der Waals surface area (Å²) < 4.78 is 0. The number of anilines is 1. The van der Waals surface area contributed by atoms with Crippen molar-refractivity contribution in [1.29, 1.82) is 0 Å². The summed E-state index contributed by atoms with van der Waals surface area (Å²) in [7, 11) is 0. The molecular weight excluding hydrogens is 356 g/mol. The number of fused-ring (bicyclic) bond motifs is 1. The standard InChI is InChI=1S/C21H18N4O3/c26-21(15-22-19-12-5-9-16-7-1-3-11-18(16)19)24-23-14-6-10-17-8-2-4-13-20(17)25(27)28/h1-14,22H,15H2,(H,24,26). The Morgan fingerprint density at radius 3 is 2.64 bits per heavy atom. The third-order valence-corrected chi connectivity index (χ3v) is 3.99. The number of benzene rings is 3. The van der Waals surface area contributed by atoms with Crippen LogP contribution in [0.2, 0.25) is 0 Å². The van der Waals surface area contributed by atoms with E-state index in [1.54, 1.807) is 24.3 Å². The largest absolute Gasteiger partial charge is 0.376 e. The second kappa shape index (κ2) is 9.09. The Kier molecular flexibility index (Phi) is 6.10. The molecule has 7 heteroatoms. The summed E-state index contributed by atoms with van der Waals surface area (Å²) in [6, 6.07) is 20.1. The zero-order chi connectivity index (χ0) is 19.8. The van der Waals surface area contributed by atoms with Crippen molar-refractivity contribution < 1.29 is 9.72 Å². The molecule has 0 radical (unpaired) electrons. The molecule has 28 heavy (non-hydrogen) atoms. The molecule has 140 valence electrons. The van der Waals surface area contributed by atoms with Gasteiger partial charge >= 0.3 is 0 Å². The number of amides is 1. The molecule has 1 amide bonds. The molecule has 0 spiro atoms. The van der Waals surface area contributed by atoms with Crippen molar-refractivity contribution in [2.24, 2.45) is 5.10 Å². The van der Waals surface area contributed by atoms with Gasteiger partial charge in [0.2, 0.25) is 0 Å². The Morgan fingerprint density at radius 1 is 1.04 bits per heavy atom. The molecule has 0 atom stereocenters. The van der Waals surface area contributed by atoms with Crippen molar-refractivity contribution in [3.05, 3.63) is 88.5 Å². The van der Waals surface area contributed by atoms with E-state index in [0.29, 0.717) is 5.56 Å². The van der Waals surface area contributed by atoms with Crippen LogP contribution in [0, 0.1) is 10.1 Å². The molecule has 2 N–H and O–H groups in total. The molecule has 0 saturated carbocycles. The lowest BCUT2D eigenvalue weighted by Gasteiger charge is -2.08. The van der Waals surface area contributed by atoms with E-state index < -0.39 is 4.92 Å². The maximum atomic E-state index is 11.9. The summed E-state index contributed by atoms with van der Waals surface area (Å²) in [6.07, 6.45) is 4.45. The van der Waals surface area contributed by atoms with Crippen molar-refractivity contribution in [2.45, 2.75) is 0 Å². The molecule has 0 aromatic heterocycles. The molecule has 3 rings (SSSR count). The van der Waals surface area contributed by atoms with Gasteiger partial charge in [-0.2, -0.15) is 5.10 Å². The smallest absolute Gasteiger partial charge is 0.276 e. The topological polar surface area (TPSA) is 96.6 Å². The van der Waals surface area contributed by atoms with E-state index in [1.807, 2.05) is 42.5 Å². The average Bonchev–Trinajstić information content (AvgIpc) is 2.72. The Balaban J connectivity index is 1.52. The zero-order valence-corrected chi connectivity index (χ0v) is 14.9. The highest BCUT2D eigenvalue weighted by Gasteiger charge is 2.08. The van der Waals surface area contributed by atoms with Gasteiger partial charge in [-0.15, -0.1) is 0 Å². The van der Waals surface area contributed by atoms with Crippen LogP contribution >= 0.6 is 0 Å². The van der Waals surface area contributed by atoms with Gasteiger partial charge in [-0.25, -0.2) is 5.43 Å². The summed E-state index contributed by atoms with van der Waals surface area (Å²) in [5.74, 6) is -0.303. The highest BCUT2D eigenvalue weighted by molar-refractivity contribution is 5.95. The lowest BCUT2D eigenvalue weighted by atomic mass is 10.1. The third-order valence-electron chi connectivity index (χ3n) is 3.99. The minimum atomic E-state index is -0.447. The number of nitrogens with one attached hydrogen (secondary N) is 2. The van der Waals surface area contributed by atoms with E-state index >= 15 is 0 Å². The Bertz CT molecular complexity index is 1050. The van der Waals surface area contributed by atoms with Gasteiger partial charge in [-0.3, -0.25) is 14.9 Å². The van der Waals surface area contributed by atoms with Crippen LogP contribution in [0.25, 0.3) is 16.8 Å². The Hall–Kier alpha value is -4.00. The fourth-order valence-electron chi connectivity index (χ4n) is 2.69. The number of nitro benzene ring substituents is 1. The van der Waals surface area contributed by atoms with Crippen LogP contribution in [0.15, 0.2) is 77.9 Å². The van der Waals surface area contributed by atoms with E-state index in [0.717, 1.165) is 16.5 Å². The first-order valence-corrected chi connectivity index (χ1v) is 8.59. The number of hydrogen-bond donors (Lipinski definition) is 2. The monoisotopic (exact) mass is 374 g/mol. The second-order valence-electron chi connectivity index (χ2n) is 5.87. The van der Waals surface area contributed by atoms with Crippen LogP contribution in [0.4, 0.5) is 11.4 Å². The highest BCUT2D eigenvalue weighted by Crippen LogP contribution is 2.22. The second-order valence-corrected chi connectivity index (χ2v) is 5.87. The van der Waals surface area contributed by atoms with Crippen molar-refractivity contribution in [3.8, 4) is 0 Å². The molecule has 7 nitrogen and oxygen atoms in total. The zero-order valence-electron chi connectivity index (χ0n) is 14.9. The van der Waals surface area contributed by atoms with Gasteiger partial charge in [0.25, 0.3) is 11.6 Å². The van der Waals surface area contributed by atoms with Crippen molar-refractivity contribution >= 4 is 40.3 Å². The van der Waals surface area contributed by atoms with E-state index in [1.165, 1.54) is 18.4 Å². The van der Waals surface area contributed by atoms with Gasteiger partial charge in [0, 0.05) is 23.4 Å².